The summed E-state index contributed by atoms with van der Waals surface area (Å²) in [5.41, 5.74) is 0.728. The fourth-order valence-electron chi connectivity index (χ4n) is 3.28. The maximum Gasteiger partial charge on any atom is 0.324 e. The molecule has 1 atom stereocenters. The molecule has 1 aliphatic rings. The first kappa shape index (κ1) is 20.3. The van der Waals surface area contributed by atoms with Gasteiger partial charge in [-0.05, 0) is 30.5 Å². The van der Waals surface area contributed by atoms with Crippen LogP contribution in [0.25, 0.3) is 0 Å². The van der Waals surface area contributed by atoms with Gasteiger partial charge in [0, 0.05) is 30.7 Å². The van der Waals surface area contributed by atoms with Gasteiger partial charge in [0.15, 0.2) is 5.82 Å². The Morgan fingerprint density at radius 2 is 1.74 bits per heavy atom. The van der Waals surface area contributed by atoms with E-state index in [0.717, 1.165) is 10.0 Å². The van der Waals surface area contributed by atoms with E-state index in [1.807, 2.05) is 17.0 Å². The van der Waals surface area contributed by atoms with Crippen LogP contribution in [0.3, 0.4) is 0 Å². The molecule has 9 heteroatoms. The molecule has 0 aliphatic carbocycles. The van der Waals surface area contributed by atoms with Crippen LogP contribution in [0, 0.1) is 5.92 Å². The molecule has 1 unspecified atom stereocenters. The lowest BCUT2D eigenvalue weighted by Gasteiger charge is -2.32. The first-order valence-electron chi connectivity index (χ1n) is 8.92. The van der Waals surface area contributed by atoms with Crippen LogP contribution in [-0.2, 0) is 15.4 Å². The van der Waals surface area contributed by atoms with Gasteiger partial charge >= 0.3 is 6.01 Å². The maximum atomic E-state index is 11.7. The second-order valence-corrected chi connectivity index (χ2v) is 10.3. The molecule has 0 amide bonds. The third-order valence-electron chi connectivity index (χ3n) is 5.46. The zero-order valence-corrected chi connectivity index (χ0v) is 18.4. The number of hydrogen-bond donors (Lipinski definition) is 0. The Labute approximate surface area is 168 Å². The van der Waals surface area contributed by atoms with Crippen LogP contribution in [0.15, 0.2) is 33.3 Å². The summed E-state index contributed by atoms with van der Waals surface area (Å²) >= 11 is 3.48. The minimum Gasteiger partial charge on any atom is -0.322 e. The SMILES string of the molecule is CC(C)C(C)(c1ccc(Br)cc1)c1noc(N2CCN(S(C)(=O)=O)CC2)n1. The van der Waals surface area contributed by atoms with Gasteiger partial charge < -0.3 is 9.42 Å². The molecule has 0 spiro atoms. The third-order valence-corrected chi connectivity index (χ3v) is 7.29. The number of hydrogen-bond acceptors (Lipinski definition) is 6. The molecule has 1 aromatic heterocycles. The minimum atomic E-state index is -3.16. The van der Waals surface area contributed by atoms with Crippen molar-refractivity contribution in [3.05, 3.63) is 40.1 Å². The van der Waals surface area contributed by atoms with Crippen LogP contribution in [0.1, 0.15) is 32.2 Å². The van der Waals surface area contributed by atoms with Crippen molar-refractivity contribution in [1.29, 1.82) is 0 Å². The third kappa shape index (κ3) is 4.05. The van der Waals surface area contributed by atoms with Crippen LogP contribution in [0.4, 0.5) is 6.01 Å². The van der Waals surface area contributed by atoms with Crippen LogP contribution in [0.2, 0.25) is 0 Å². The van der Waals surface area contributed by atoms with Gasteiger partial charge in [0.2, 0.25) is 10.0 Å². The molecule has 1 aromatic carbocycles. The van der Waals surface area contributed by atoms with Crippen molar-refractivity contribution >= 4 is 32.0 Å². The molecule has 1 fully saturated rings. The number of anilines is 1. The van der Waals surface area contributed by atoms with E-state index in [9.17, 15) is 8.42 Å². The van der Waals surface area contributed by atoms with Crippen LogP contribution < -0.4 is 4.90 Å². The highest BCUT2D eigenvalue weighted by atomic mass is 79.9. The number of rotatable bonds is 5. The first-order valence-corrected chi connectivity index (χ1v) is 11.6. The highest BCUT2D eigenvalue weighted by Crippen LogP contribution is 2.38. The first-order chi connectivity index (χ1) is 12.6. The molecule has 0 bridgehead atoms. The zero-order chi connectivity index (χ0) is 19.8. The number of piperazine rings is 1. The summed E-state index contributed by atoms with van der Waals surface area (Å²) < 4.78 is 31.4. The summed E-state index contributed by atoms with van der Waals surface area (Å²) in [6.45, 7) is 8.31. The lowest BCUT2D eigenvalue weighted by Crippen LogP contribution is -2.48. The lowest BCUT2D eigenvalue weighted by atomic mass is 9.73. The molecule has 27 heavy (non-hydrogen) atoms. The van der Waals surface area contributed by atoms with Gasteiger partial charge in [-0.2, -0.15) is 9.29 Å². The van der Waals surface area contributed by atoms with E-state index in [4.69, 9.17) is 4.52 Å². The number of aromatic nitrogens is 2. The van der Waals surface area contributed by atoms with Gasteiger partial charge in [0.1, 0.15) is 0 Å². The van der Waals surface area contributed by atoms with E-state index in [0.29, 0.717) is 38.0 Å². The Bertz CT molecular complexity index is 890. The molecule has 148 valence electrons. The van der Waals surface area contributed by atoms with Crippen molar-refractivity contribution in [1.82, 2.24) is 14.4 Å². The smallest absolute Gasteiger partial charge is 0.322 e. The van der Waals surface area contributed by atoms with Gasteiger partial charge in [-0.3, -0.25) is 0 Å². The highest BCUT2D eigenvalue weighted by molar-refractivity contribution is 9.10. The number of sulfonamides is 1. The standard InChI is InChI=1S/C18H25BrN4O3S/c1-13(2)18(3,14-5-7-15(19)8-6-14)16-20-17(26-21-16)22-9-11-23(12-10-22)27(4,24)25/h5-8,13H,9-12H2,1-4H3. The van der Waals surface area contributed by atoms with Crippen LogP contribution in [0.5, 0.6) is 0 Å². The molecule has 7 nitrogen and oxygen atoms in total. The predicted octanol–water partition coefficient (Wildman–Crippen LogP) is 2.88. The monoisotopic (exact) mass is 456 g/mol. The van der Waals surface area contributed by atoms with Gasteiger partial charge in [-0.1, -0.05) is 47.1 Å². The Morgan fingerprint density at radius 3 is 2.26 bits per heavy atom. The second-order valence-electron chi connectivity index (χ2n) is 7.41. The van der Waals surface area contributed by atoms with E-state index in [2.05, 4.69) is 59.0 Å². The molecule has 3 rings (SSSR count). The molecule has 2 heterocycles. The van der Waals surface area contributed by atoms with E-state index >= 15 is 0 Å². The maximum absolute atomic E-state index is 11.7. The fraction of sp³-hybridized carbons (Fsp3) is 0.556. The van der Waals surface area contributed by atoms with Crippen molar-refractivity contribution < 1.29 is 12.9 Å². The van der Waals surface area contributed by atoms with Crippen molar-refractivity contribution in [2.24, 2.45) is 5.92 Å². The summed E-state index contributed by atoms with van der Waals surface area (Å²) in [6, 6.07) is 8.63. The van der Waals surface area contributed by atoms with E-state index in [-0.39, 0.29) is 5.92 Å². The molecule has 0 radical (unpaired) electrons. The molecular formula is C18H25BrN4O3S. The van der Waals surface area contributed by atoms with Crippen molar-refractivity contribution in [3.8, 4) is 0 Å². The Hall–Kier alpha value is -1.45. The average molecular weight is 457 g/mol. The van der Waals surface area contributed by atoms with Gasteiger partial charge in [-0.15, -0.1) is 0 Å². The lowest BCUT2D eigenvalue weighted by molar-refractivity contribution is 0.337. The molecule has 1 saturated heterocycles. The number of nitrogens with zero attached hydrogens (tertiary/aromatic N) is 4. The quantitative estimate of drug-likeness (QED) is 0.687. The van der Waals surface area contributed by atoms with Crippen molar-refractivity contribution in [2.45, 2.75) is 26.2 Å². The molecule has 1 aliphatic heterocycles. The zero-order valence-electron chi connectivity index (χ0n) is 16.0. The van der Waals surface area contributed by atoms with E-state index in [1.165, 1.54) is 10.6 Å². The van der Waals surface area contributed by atoms with E-state index < -0.39 is 15.4 Å². The second kappa shape index (κ2) is 7.52. The van der Waals surface area contributed by atoms with E-state index in [1.54, 1.807) is 0 Å². The van der Waals surface area contributed by atoms with Gasteiger partial charge in [0.05, 0.1) is 11.7 Å². The predicted molar refractivity (Wildman–Crippen MR) is 108 cm³/mol. The van der Waals surface area contributed by atoms with Crippen molar-refractivity contribution in [3.63, 3.8) is 0 Å². The van der Waals surface area contributed by atoms with Gasteiger partial charge in [0.25, 0.3) is 0 Å². The Morgan fingerprint density at radius 1 is 1.15 bits per heavy atom. The molecular weight excluding hydrogens is 432 g/mol. The normalized spacial score (nSPS) is 18.7. The highest BCUT2D eigenvalue weighted by Gasteiger charge is 2.38. The topological polar surface area (TPSA) is 79.5 Å². The van der Waals surface area contributed by atoms with Crippen molar-refractivity contribution in [2.75, 3.05) is 37.3 Å². The summed E-state index contributed by atoms with van der Waals surface area (Å²) in [7, 11) is -3.16. The fourth-order valence-corrected chi connectivity index (χ4v) is 4.37. The summed E-state index contributed by atoms with van der Waals surface area (Å²) in [5.74, 6) is 0.895. The average Bonchev–Trinajstić information content (AvgIpc) is 3.11. The number of halogens is 1. The molecule has 0 saturated carbocycles. The minimum absolute atomic E-state index is 0.256. The molecule has 0 N–H and O–H groups in total. The number of benzene rings is 1. The summed E-state index contributed by atoms with van der Waals surface area (Å²) in [5, 5.41) is 4.28. The van der Waals surface area contributed by atoms with Crippen LogP contribution in [-0.4, -0.2) is 55.3 Å². The summed E-state index contributed by atoms with van der Waals surface area (Å²) in [4.78, 5) is 6.63. The van der Waals surface area contributed by atoms with Gasteiger partial charge in [-0.25, -0.2) is 8.42 Å². The Kier molecular flexibility index (Phi) is 5.65. The summed E-state index contributed by atoms with van der Waals surface area (Å²) in [6.07, 6.45) is 1.24. The largest absolute Gasteiger partial charge is 0.324 e. The molecule has 2 aromatic rings. The van der Waals surface area contributed by atoms with Crippen LogP contribution >= 0.6 is 15.9 Å². The Balaban J connectivity index is 1.84.